The molecular weight excluding hydrogens is 371 g/mol. The van der Waals surface area contributed by atoms with E-state index < -0.39 is 5.82 Å². The van der Waals surface area contributed by atoms with E-state index in [4.69, 9.17) is 4.74 Å². The lowest BCUT2D eigenvalue weighted by atomic mass is 10.0. The number of carbonyl (C=O) groups is 1. The van der Waals surface area contributed by atoms with Crippen LogP contribution in [0.5, 0.6) is 11.6 Å². The maximum absolute atomic E-state index is 14.0. The zero-order valence-electron chi connectivity index (χ0n) is 17.0. The Morgan fingerprint density at radius 3 is 2.62 bits per heavy atom. The number of nitrogens with zero attached hydrogens (tertiary/aromatic N) is 4. The van der Waals surface area contributed by atoms with Crippen LogP contribution in [-0.4, -0.2) is 51.4 Å². The molecule has 4 rings (SSSR count). The largest absolute Gasteiger partial charge is 0.436 e. The van der Waals surface area contributed by atoms with Crippen molar-refractivity contribution in [1.82, 2.24) is 19.8 Å². The Balaban J connectivity index is 1.52. The van der Waals surface area contributed by atoms with E-state index in [0.29, 0.717) is 11.9 Å². The molecule has 1 atom stereocenters. The summed E-state index contributed by atoms with van der Waals surface area (Å²) in [5.41, 5.74) is 0.805. The molecule has 0 spiro atoms. The normalized spacial score (nSPS) is 20.8. The van der Waals surface area contributed by atoms with Gasteiger partial charge in [0.1, 0.15) is 5.82 Å². The van der Waals surface area contributed by atoms with Gasteiger partial charge in [0, 0.05) is 37.8 Å². The van der Waals surface area contributed by atoms with Gasteiger partial charge in [-0.1, -0.05) is 12.1 Å². The van der Waals surface area contributed by atoms with Gasteiger partial charge in [0.25, 0.3) is 0 Å². The third-order valence-electron chi connectivity index (χ3n) is 5.87. The summed E-state index contributed by atoms with van der Waals surface area (Å²) >= 11 is 0. The van der Waals surface area contributed by atoms with Crippen molar-refractivity contribution in [3.8, 4) is 11.6 Å². The third-order valence-corrected chi connectivity index (χ3v) is 5.87. The molecule has 2 saturated heterocycles. The zero-order valence-corrected chi connectivity index (χ0v) is 17.0. The van der Waals surface area contributed by atoms with Crippen LogP contribution >= 0.6 is 0 Å². The highest BCUT2D eigenvalue weighted by molar-refractivity contribution is 5.73. The van der Waals surface area contributed by atoms with Gasteiger partial charge in [-0.25, -0.2) is 9.37 Å². The Hall–Kier alpha value is -2.54. The number of likely N-dealkylation sites (tertiary alicyclic amines) is 2. The van der Waals surface area contributed by atoms with Gasteiger partial charge in [-0.3, -0.25) is 9.69 Å². The smallest absolute Gasteiger partial charge is 0.222 e. The van der Waals surface area contributed by atoms with E-state index in [1.165, 1.54) is 6.07 Å². The average molecular weight is 398 g/mol. The van der Waals surface area contributed by atoms with E-state index in [1.54, 1.807) is 31.2 Å². The van der Waals surface area contributed by atoms with Gasteiger partial charge in [-0.15, -0.1) is 0 Å². The minimum Gasteiger partial charge on any atom is -0.436 e. The number of benzene rings is 1. The van der Waals surface area contributed by atoms with Crippen molar-refractivity contribution in [2.24, 2.45) is 0 Å². The molecule has 154 valence electrons. The Morgan fingerprint density at radius 2 is 1.90 bits per heavy atom. The molecule has 6 nitrogen and oxygen atoms in total. The van der Waals surface area contributed by atoms with Crippen LogP contribution in [0, 0.1) is 12.7 Å². The van der Waals surface area contributed by atoms with E-state index in [0.717, 1.165) is 56.8 Å². The summed E-state index contributed by atoms with van der Waals surface area (Å²) < 4.78 is 19.7. The van der Waals surface area contributed by atoms with Crippen molar-refractivity contribution < 1.29 is 13.9 Å². The van der Waals surface area contributed by atoms with Gasteiger partial charge >= 0.3 is 0 Å². The first-order chi connectivity index (χ1) is 14.0. The number of piperidine rings is 1. The van der Waals surface area contributed by atoms with Crippen molar-refractivity contribution in [3.63, 3.8) is 0 Å². The van der Waals surface area contributed by atoms with Crippen LogP contribution < -0.4 is 4.74 Å². The Bertz CT molecular complexity index is 883. The van der Waals surface area contributed by atoms with Crippen molar-refractivity contribution in [3.05, 3.63) is 47.7 Å². The fourth-order valence-electron chi connectivity index (χ4n) is 4.42. The Labute approximate surface area is 170 Å². The summed E-state index contributed by atoms with van der Waals surface area (Å²) in [6.07, 6.45) is 4.04. The molecule has 3 heterocycles. The molecule has 1 aromatic heterocycles. The van der Waals surface area contributed by atoms with Gasteiger partial charge in [-0.2, -0.15) is 4.98 Å². The number of aryl methyl sites for hydroxylation is 1. The van der Waals surface area contributed by atoms with Crippen LogP contribution in [0.3, 0.4) is 0 Å². The number of hydrogen-bond donors (Lipinski definition) is 0. The average Bonchev–Trinajstić information content (AvgIpc) is 3.19. The molecule has 0 radical (unpaired) electrons. The first-order valence-electron chi connectivity index (χ1n) is 10.3. The number of para-hydroxylation sites is 1. The second-order valence-corrected chi connectivity index (χ2v) is 7.87. The molecule has 0 bridgehead atoms. The summed E-state index contributed by atoms with van der Waals surface area (Å²) in [7, 11) is 0. The second-order valence-electron chi connectivity index (χ2n) is 7.87. The number of halogens is 1. The van der Waals surface area contributed by atoms with Crippen molar-refractivity contribution in [1.29, 1.82) is 0 Å². The van der Waals surface area contributed by atoms with Gasteiger partial charge in [0.05, 0.1) is 6.04 Å². The van der Waals surface area contributed by atoms with Crippen LogP contribution in [0.2, 0.25) is 0 Å². The predicted octanol–water partition coefficient (Wildman–Crippen LogP) is 3.86. The number of hydrogen-bond acceptors (Lipinski definition) is 5. The van der Waals surface area contributed by atoms with E-state index in [9.17, 15) is 9.18 Å². The monoisotopic (exact) mass is 398 g/mol. The summed E-state index contributed by atoms with van der Waals surface area (Å²) in [5, 5.41) is 0. The SMILES string of the molecule is CC(=O)N1CCC(N2CCC[C@@H]2c2nc(C)cc(Oc3ccccc3F)n2)CC1. The molecule has 0 aliphatic carbocycles. The lowest BCUT2D eigenvalue weighted by Gasteiger charge is -2.38. The molecule has 2 aliphatic heterocycles. The fraction of sp³-hybridized carbons (Fsp3) is 0.500. The highest BCUT2D eigenvalue weighted by Gasteiger charge is 2.35. The summed E-state index contributed by atoms with van der Waals surface area (Å²) in [6.45, 7) is 6.16. The Kier molecular flexibility index (Phi) is 5.76. The highest BCUT2D eigenvalue weighted by Crippen LogP contribution is 2.36. The summed E-state index contributed by atoms with van der Waals surface area (Å²) in [4.78, 5) is 25.3. The van der Waals surface area contributed by atoms with Crippen LogP contribution in [-0.2, 0) is 4.79 Å². The number of aromatic nitrogens is 2. The van der Waals surface area contributed by atoms with Gasteiger partial charge < -0.3 is 9.64 Å². The number of amides is 1. The lowest BCUT2D eigenvalue weighted by Crippen LogP contribution is -2.46. The molecule has 29 heavy (non-hydrogen) atoms. The van der Waals surface area contributed by atoms with Crippen LogP contribution in [0.15, 0.2) is 30.3 Å². The first kappa shape index (κ1) is 19.8. The maximum atomic E-state index is 14.0. The van der Waals surface area contributed by atoms with Crippen LogP contribution in [0.4, 0.5) is 4.39 Å². The van der Waals surface area contributed by atoms with Crippen molar-refractivity contribution >= 4 is 5.91 Å². The standard InChI is InChI=1S/C22H27FN4O2/c1-15-14-21(29-20-8-4-3-6-18(20)23)25-22(24-15)19-7-5-11-27(19)17-9-12-26(13-10-17)16(2)28/h3-4,6,8,14,17,19H,5,7,9-13H2,1-2H3/t19-/m1/s1. The summed E-state index contributed by atoms with van der Waals surface area (Å²) in [5.74, 6) is 1.01. The molecule has 0 saturated carbocycles. The van der Waals surface area contributed by atoms with E-state index in [1.807, 2.05) is 11.8 Å². The minimum absolute atomic E-state index is 0.131. The van der Waals surface area contributed by atoms with Gasteiger partial charge in [0.2, 0.25) is 11.8 Å². The first-order valence-corrected chi connectivity index (χ1v) is 10.3. The van der Waals surface area contributed by atoms with E-state index in [2.05, 4.69) is 14.9 Å². The Morgan fingerprint density at radius 1 is 1.14 bits per heavy atom. The van der Waals surface area contributed by atoms with E-state index >= 15 is 0 Å². The molecule has 0 unspecified atom stereocenters. The minimum atomic E-state index is -0.412. The van der Waals surface area contributed by atoms with E-state index in [-0.39, 0.29) is 17.7 Å². The topological polar surface area (TPSA) is 58.6 Å². The second kappa shape index (κ2) is 8.45. The number of ether oxygens (including phenoxy) is 1. The molecule has 7 heteroatoms. The van der Waals surface area contributed by atoms with Crippen LogP contribution in [0.1, 0.15) is 50.2 Å². The van der Waals surface area contributed by atoms with Gasteiger partial charge in [-0.05, 0) is 51.3 Å². The zero-order chi connectivity index (χ0) is 20.4. The van der Waals surface area contributed by atoms with Crippen molar-refractivity contribution in [2.45, 2.75) is 51.6 Å². The fourth-order valence-corrected chi connectivity index (χ4v) is 4.42. The molecule has 2 aromatic rings. The third kappa shape index (κ3) is 4.40. The van der Waals surface area contributed by atoms with Gasteiger partial charge in [0.15, 0.2) is 11.6 Å². The van der Waals surface area contributed by atoms with Crippen molar-refractivity contribution in [2.75, 3.05) is 19.6 Å². The number of carbonyl (C=O) groups excluding carboxylic acids is 1. The molecular formula is C22H27FN4O2. The maximum Gasteiger partial charge on any atom is 0.222 e. The lowest BCUT2D eigenvalue weighted by molar-refractivity contribution is -0.130. The number of rotatable bonds is 4. The van der Waals surface area contributed by atoms with Crippen LogP contribution in [0.25, 0.3) is 0 Å². The molecule has 0 N–H and O–H groups in total. The highest BCUT2D eigenvalue weighted by atomic mass is 19.1. The molecule has 2 fully saturated rings. The molecule has 1 amide bonds. The molecule has 1 aromatic carbocycles. The summed E-state index contributed by atoms with van der Waals surface area (Å²) in [6, 6.07) is 8.63. The quantitative estimate of drug-likeness (QED) is 0.783. The predicted molar refractivity (Wildman–Crippen MR) is 107 cm³/mol. The molecule has 2 aliphatic rings.